The number of carbonyl (C=O) groups excluding carboxylic acids is 2. The van der Waals surface area contributed by atoms with Gasteiger partial charge in [-0.1, -0.05) is 23.8 Å². The minimum absolute atomic E-state index is 0.0198. The molecule has 0 aliphatic carbocycles. The van der Waals surface area contributed by atoms with E-state index in [9.17, 15) is 9.59 Å². The summed E-state index contributed by atoms with van der Waals surface area (Å²) in [6.45, 7) is 7.18. The predicted octanol–water partition coefficient (Wildman–Crippen LogP) is 2.66. The third kappa shape index (κ3) is 5.57. The first-order valence-corrected chi connectivity index (χ1v) is 9.30. The first kappa shape index (κ1) is 17.9. The van der Waals surface area contributed by atoms with Crippen LogP contribution < -0.4 is 5.32 Å². The SMILES string of the molecule is CC(=O)N[C@H]1CCCN(C(=O)CSCc2cc(C)ccc2C)C1. The van der Waals surface area contributed by atoms with Gasteiger partial charge in [0, 0.05) is 31.8 Å². The van der Waals surface area contributed by atoms with Crippen LogP contribution in [0.25, 0.3) is 0 Å². The molecule has 2 amide bonds. The van der Waals surface area contributed by atoms with Crippen LogP contribution >= 0.6 is 11.8 Å². The minimum atomic E-state index is -0.0198. The zero-order valence-corrected chi connectivity index (χ0v) is 15.0. The molecule has 1 aromatic carbocycles. The molecule has 0 aromatic heterocycles. The van der Waals surface area contributed by atoms with Crippen molar-refractivity contribution in [1.82, 2.24) is 10.2 Å². The van der Waals surface area contributed by atoms with Gasteiger partial charge < -0.3 is 10.2 Å². The minimum Gasteiger partial charge on any atom is -0.352 e. The van der Waals surface area contributed by atoms with Crippen molar-refractivity contribution in [2.75, 3.05) is 18.8 Å². The zero-order chi connectivity index (χ0) is 16.8. The van der Waals surface area contributed by atoms with Crippen molar-refractivity contribution in [2.24, 2.45) is 0 Å². The molecule has 2 rings (SSSR count). The number of benzene rings is 1. The van der Waals surface area contributed by atoms with Crippen LogP contribution in [0.15, 0.2) is 18.2 Å². The molecule has 0 spiro atoms. The summed E-state index contributed by atoms with van der Waals surface area (Å²) in [5.74, 6) is 1.52. The van der Waals surface area contributed by atoms with Gasteiger partial charge in [-0.15, -0.1) is 11.8 Å². The van der Waals surface area contributed by atoms with Crippen molar-refractivity contribution in [3.63, 3.8) is 0 Å². The summed E-state index contributed by atoms with van der Waals surface area (Å²) >= 11 is 1.67. The molecule has 1 atom stereocenters. The Morgan fingerprint density at radius 2 is 2.13 bits per heavy atom. The Balaban J connectivity index is 1.80. The maximum atomic E-state index is 12.4. The second-order valence-corrected chi connectivity index (χ2v) is 7.29. The Bertz CT molecular complexity index is 574. The van der Waals surface area contributed by atoms with E-state index >= 15 is 0 Å². The second kappa shape index (κ2) is 8.39. The van der Waals surface area contributed by atoms with Gasteiger partial charge in [0.2, 0.25) is 11.8 Å². The lowest BCUT2D eigenvalue weighted by Crippen LogP contribution is -2.49. The lowest BCUT2D eigenvalue weighted by Gasteiger charge is -2.33. The fourth-order valence-electron chi connectivity index (χ4n) is 2.90. The number of carbonyl (C=O) groups is 2. The van der Waals surface area contributed by atoms with Crippen LogP contribution in [0.3, 0.4) is 0 Å². The standard InChI is InChI=1S/C18H26N2O2S/c1-13-6-7-14(2)16(9-13)11-23-12-18(22)20-8-4-5-17(10-20)19-15(3)21/h6-7,9,17H,4-5,8,10-12H2,1-3H3,(H,19,21)/t17-/m0/s1. The number of hydrogen-bond acceptors (Lipinski definition) is 3. The molecular formula is C18H26N2O2S. The molecule has 1 heterocycles. The molecule has 1 aliphatic heterocycles. The molecule has 5 heteroatoms. The molecule has 0 saturated carbocycles. The van der Waals surface area contributed by atoms with Crippen molar-refractivity contribution in [1.29, 1.82) is 0 Å². The van der Waals surface area contributed by atoms with Gasteiger partial charge in [-0.3, -0.25) is 9.59 Å². The van der Waals surface area contributed by atoms with E-state index < -0.39 is 0 Å². The second-order valence-electron chi connectivity index (χ2n) is 6.30. The number of rotatable bonds is 5. The Hall–Kier alpha value is -1.49. The number of amides is 2. The van der Waals surface area contributed by atoms with Crippen molar-refractivity contribution < 1.29 is 9.59 Å². The first-order chi connectivity index (χ1) is 11.0. The third-order valence-electron chi connectivity index (χ3n) is 4.17. The highest BCUT2D eigenvalue weighted by molar-refractivity contribution is 7.99. The number of aryl methyl sites for hydroxylation is 2. The van der Waals surface area contributed by atoms with Crippen LogP contribution in [0, 0.1) is 13.8 Å². The van der Waals surface area contributed by atoms with Gasteiger partial charge in [-0.05, 0) is 37.8 Å². The van der Waals surface area contributed by atoms with Gasteiger partial charge in [0.15, 0.2) is 0 Å². The van der Waals surface area contributed by atoms with Crippen molar-refractivity contribution in [2.45, 2.75) is 45.4 Å². The third-order valence-corrected chi connectivity index (χ3v) is 5.14. The summed E-state index contributed by atoms with van der Waals surface area (Å²) in [6.07, 6.45) is 1.91. The van der Waals surface area contributed by atoms with E-state index in [0.29, 0.717) is 12.3 Å². The van der Waals surface area contributed by atoms with Gasteiger partial charge >= 0.3 is 0 Å². The van der Waals surface area contributed by atoms with E-state index in [1.807, 2.05) is 4.90 Å². The summed E-state index contributed by atoms with van der Waals surface area (Å²) in [5.41, 5.74) is 3.84. The van der Waals surface area contributed by atoms with Crippen molar-refractivity contribution in [3.8, 4) is 0 Å². The van der Waals surface area contributed by atoms with Crippen LogP contribution in [0.2, 0.25) is 0 Å². The highest BCUT2D eigenvalue weighted by Gasteiger charge is 2.23. The summed E-state index contributed by atoms with van der Waals surface area (Å²) in [4.78, 5) is 25.4. The number of thioether (sulfide) groups is 1. The molecular weight excluding hydrogens is 308 g/mol. The first-order valence-electron chi connectivity index (χ1n) is 8.14. The van der Waals surface area contributed by atoms with Crippen molar-refractivity contribution in [3.05, 3.63) is 34.9 Å². The summed E-state index contributed by atoms with van der Waals surface area (Å²) in [7, 11) is 0. The highest BCUT2D eigenvalue weighted by atomic mass is 32.2. The largest absolute Gasteiger partial charge is 0.352 e. The Morgan fingerprint density at radius 1 is 1.35 bits per heavy atom. The average molecular weight is 334 g/mol. The zero-order valence-electron chi connectivity index (χ0n) is 14.2. The Labute approximate surface area is 143 Å². The van der Waals surface area contributed by atoms with Gasteiger partial charge in [-0.25, -0.2) is 0 Å². The maximum absolute atomic E-state index is 12.4. The van der Waals surface area contributed by atoms with E-state index in [1.54, 1.807) is 11.8 Å². The summed E-state index contributed by atoms with van der Waals surface area (Å²) in [5, 5.41) is 2.92. The van der Waals surface area contributed by atoms with Crippen LogP contribution in [0.4, 0.5) is 0 Å². The van der Waals surface area contributed by atoms with E-state index in [0.717, 1.165) is 25.1 Å². The molecule has 4 nitrogen and oxygen atoms in total. The number of likely N-dealkylation sites (tertiary alicyclic amines) is 1. The van der Waals surface area contributed by atoms with E-state index in [-0.39, 0.29) is 17.9 Å². The monoisotopic (exact) mass is 334 g/mol. The molecule has 1 aromatic rings. The van der Waals surface area contributed by atoms with Crippen LogP contribution in [-0.4, -0.2) is 41.6 Å². The van der Waals surface area contributed by atoms with Crippen LogP contribution in [0.5, 0.6) is 0 Å². The number of hydrogen-bond donors (Lipinski definition) is 1. The highest BCUT2D eigenvalue weighted by Crippen LogP contribution is 2.19. The fourth-order valence-corrected chi connectivity index (χ4v) is 3.89. The van der Waals surface area contributed by atoms with E-state index in [2.05, 4.69) is 37.4 Å². The normalized spacial score (nSPS) is 17.9. The topological polar surface area (TPSA) is 49.4 Å². The number of nitrogens with zero attached hydrogens (tertiary/aromatic N) is 1. The molecule has 0 unspecified atom stereocenters. The Kier molecular flexibility index (Phi) is 6.51. The molecule has 1 N–H and O–H groups in total. The smallest absolute Gasteiger partial charge is 0.232 e. The van der Waals surface area contributed by atoms with Crippen LogP contribution in [-0.2, 0) is 15.3 Å². The van der Waals surface area contributed by atoms with Gasteiger partial charge in [-0.2, -0.15) is 0 Å². The molecule has 1 aliphatic rings. The molecule has 1 fully saturated rings. The lowest BCUT2D eigenvalue weighted by molar-refractivity contribution is -0.130. The van der Waals surface area contributed by atoms with Crippen molar-refractivity contribution >= 4 is 23.6 Å². The number of piperidine rings is 1. The average Bonchev–Trinajstić information content (AvgIpc) is 2.50. The maximum Gasteiger partial charge on any atom is 0.232 e. The molecule has 23 heavy (non-hydrogen) atoms. The molecule has 1 saturated heterocycles. The molecule has 0 radical (unpaired) electrons. The summed E-state index contributed by atoms with van der Waals surface area (Å²) in [6, 6.07) is 6.55. The quantitative estimate of drug-likeness (QED) is 0.901. The Morgan fingerprint density at radius 3 is 2.87 bits per heavy atom. The molecule has 0 bridgehead atoms. The van der Waals surface area contributed by atoms with Gasteiger partial charge in [0.1, 0.15) is 0 Å². The van der Waals surface area contributed by atoms with Crippen LogP contribution in [0.1, 0.15) is 36.5 Å². The summed E-state index contributed by atoms with van der Waals surface area (Å²) < 4.78 is 0. The molecule has 126 valence electrons. The van der Waals surface area contributed by atoms with E-state index in [1.165, 1.54) is 23.6 Å². The lowest BCUT2D eigenvalue weighted by atomic mass is 10.1. The number of nitrogens with one attached hydrogen (secondary N) is 1. The van der Waals surface area contributed by atoms with Gasteiger partial charge in [0.25, 0.3) is 0 Å². The predicted molar refractivity (Wildman–Crippen MR) is 95.5 cm³/mol. The fraction of sp³-hybridized carbons (Fsp3) is 0.556. The van der Waals surface area contributed by atoms with Gasteiger partial charge in [0.05, 0.1) is 5.75 Å². The van der Waals surface area contributed by atoms with E-state index in [4.69, 9.17) is 0 Å².